The second-order valence-electron chi connectivity index (χ2n) is 10.7. The summed E-state index contributed by atoms with van der Waals surface area (Å²) in [5, 5.41) is 6.73. The van der Waals surface area contributed by atoms with Gasteiger partial charge >= 0.3 is 0 Å². The van der Waals surface area contributed by atoms with Gasteiger partial charge in [-0.15, -0.1) is 0 Å². The maximum Gasteiger partial charge on any atom is 0.255 e. The van der Waals surface area contributed by atoms with Gasteiger partial charge < -0.3 is 26.0 Å². The third-order valence-corrected chi connectivity index (χ3v) is 8.02. The van der Waals surface area contributed by atoms with Crippen molar-refractivity contribution < 1.29 is 19.1 Å². The van der Waals surface area contributed by atoms with Crippen molar-refractivity contribution >= 4 is 29.3 Å². The van der Waals surface area contributed by atoms with Crippen LogP contribution in [0, 0.1) is 12.3 Å². The molecule has 9 heteroatoms. The van der Waals surface area contributed by atoms with Crippen molar-refractivity contribution in [3.05, 3.63) is 64.2 Å². The molecule has 210 valence electrons. The molecule has 0 radical (unpaired) electrons. The van der Waals surface area contributed by atoms with Gasteiger partial charge in [0, 0.05) is 31.2 Å². The number of benzene rings is 2. The third-order valence-electron chi connectivity index (χ3n) is 7.79. The lowest BCUT2D eigenvalue weighted by Crippen LogP contribution is -2.53. The van der Waals surface area contributed by atoms with E-state index in [1.165, 1.54) is 0 Å². The number of ether oxygens (including phenoxy) is 1. The number of aryl methyl sites for hydroxylation is 1. The van der Waals surface area contributed by atoms with E-state index in [-0.39, 0.29) is 17.7 Å². The molecule has 2 aliphatic heterocycles. The average molecular weight is 555 g/mol. The molecule has 39 heavy (non-hydrogen) atoms. The van der Waals surface area contributed by atoms with Crippen LogP contribution in [0.3, 0.4) is 0 Å². The molecule has 1 atom stereocenters. The van der Waals surface area contributed by atoms with Gasteiger partial charge in [-0.2, -0.15) is 0 Å². The van der Waals surface area contributed by atoms with Crippen LogP contribution in [0.25, 0.3) is 0 Å². The highest BCUT2D eigenvalue weighted by molar-refractivity contribution is 6.30. The minimum atomic E-state index is -0.657. The lowest BCUT2D eigenvalue weighted by atomic mass is 9.73. The number of piperidine rings is 1. The quantitative estimate of drug-likeness (QED) is 0.536. The van der Waals surface area contributed by atoms with E-state index >= 15 is 0 Å². The number of amides is 3. The number of hydrogen-bond donors (Lipinski definition) is 3. The molecule has 2 aromatic carbocycles. The highest BCUT2D eigenvalue weighted by atomic mass is 35.5. The summed E-state index contributed by atoms with van der Waals surface area (Å²) in [6.45, 7) is 4.34. The van der Waals surface area contributed by atoms with E-state index in [2.05, 4.69) is 10.6 Å². The molecule has 8 nitrogen and oxygen atoms in total. The average Bonchev–Trinajstić information content (AvgIpc) is 2.92. The summed E-state index contributed by atoms with van der Waals surface area (Å²) in [7, 11) is 0. The van der Waals surface area contributed by atoms with Gasteiger partial charge in [0.2, 0.25) is 11.8 Å². The summed E-state index contributed by atoms with van der Waals surface area (Å²) in [5.74, 6) is 0.352. The molecule has 0 bridgehead atoms. The Balaban J connectivity index is 1.36. The van der Waals surface area contributed by atoms with Crippen molar-refractivity contribution in [2.75, 3.05) is 32.8 Å². The number of carbonyl (C=O) groups is 3. The fourth-order valence-electron chi connectivity index (χ4n) is 5.45. The van der Waals surface area contributed by atoms with E-state index in [0.717, 1.165) is 24.0 Å². The first-order chi connectivity index (χ1) is 18.8. The van der Waals surface area contributed by atoms with Crippen LogP contribution in [0.4, 0.5) is 0 Å². The molecular weight excluding hydrogens is 516 g/mol. The summed E-state index contributed by atoms with van der Waals surface area (Å²) in [4.78, 5) is 41.1. The maximum atomic E-state index is 13.4. The zero-order valence-electron chi connectivity index (χ0n) is 22.6. The number of carbonyl (C=O) groups excluding carboxylic acids is 3. The van der Waals surface area contributed by atoms with Crippen LogP contribution in [-0.2, 0) is 16.0 Å². The predicted molar refractivity (Wildman–Crippen MR) is 152 cm³/mol. The van der Waals surface area contributed by atoms with Crippen LogP contribution in [0.5, 0.6) is 5.75 Å². The highest BCUT2D eigenvalue weighted by Gasteiger charge is 2.42. The zero-order chi connectivity index (χ0) is 27.8. The number of nitrogens with zero attached hydrogens (tertiary/aromatic N) is 1. The van der Waals surface area contributed by atoms with Crippen LogP contribution < -0.4 is 21.1 Å². The molecule has 0 unspecified atom stereocenters. The van der Waals surface area contributed by atoms with Crippen LogP contribution in [0.15, 0.2) is 42.5 Å². The Labute approximate surface area is 235 Å². The summed E-state index contributed by atoms with van der Waals surface area (Å²) >= 11 is 6.08. The van der Waals surface area contributed by atoms with E-state index in [9.17, 15) is 14.4 Å². The van der Waals surface area contributed by atoms with Gasteiger partial charge in [-0.1, -0.05) is 36.2 Å². The number of halogens is 1. The van der Waals surface area contributed by atoms with Gasteiger partial charge in [0.05, 0.1) is 23.6 Å². The summed E-state index contributed by atoms with van der Waals surface area (Å²) in [5.41, 5.74) is 8.20. The van der Waals surface area contributed by atoms with Crippen molar-refractivity contribution in [1.82, 2.24) is 15.5 Å². The Morgan fingerprint density at radius 2 is 1.82 bits per heavy atom. The first-order valence-corrected chi connectivity index (χ1v) is 14.2. The van der Waals surface area contributed by atoms with Gasteiger partial charge in [0.1, 0.15) is 5.75 Å². The van der Waals surface area contributed by atoms with Gasteiger partial charge in [-0.25, -0.2) is 0 Å². The second-order valence-corrected chi connectivity index (χ2v) is 11.2. The summed E-state index contributed by atoms with van der Waals surface area (Å²) in [6.07, 6.45) is 4.48. The molecular formula is C30H39ClN4O4. The highest BCUT2D eigenvalue weighted by Crippen LogP contribution is 2.37. The van der Waals surface area contributed by atoms with Gasteiger partial charge in [-0.3, -0.25) is 14.4 Å². The van der Waals surface area contributed by atoms with Gasteiger partial charge in [-0.05, 0) is 80.8 Å². The van der Waals surface area contributed by atoms with E-state index in [0.29, 0.717) is 81.2 Å². The molecule has 0 saturated carbocycles. The number of nitrogens with two attached hydrogens (primary N) is 1. The number of likely N-dealkylation sites (tertiary alicyclic amines) is 1. The minimum absolute atomic E-state index is 0.0352. The Hall–Kier alpha value is -3.10. The van der Waals surface area contributed by atoms with Gasteiger partial charge in [0.15, 0.2) is 0 Å². The van der Waals surface area contributed by atoms with Crippen LogP contribution >= 0.6 is 11.6 Å². The number of nitrogens with one attached hydrogen (secondary N) is 2. The Morgan fingerprint density at radius 1 is 1.05 bits per heavy atom. The maximum absolute atomic E-state index is 13.4. The minimum Gasteiger partial charge on any atom is -0.493 e. The Kier molecular flexibility index (Phi) is 9.86. The number of fused-ring (bicyclic) bond motifs is 1. The molecule has 2 aliphatic rings. The normalized spacial score (nSPS) is 19.5. The smallest absolute Gasteiger partial charge is 0.255 e. The molecule has 4 rings (SSSR count). The molecule has 2 aromatic rings. The molecule has 1 spiro atoms. The van der Waals surface area contributed by atoms with Crippen molar-refractivity contribution in [3.63, 3.8) is 0 Å². The van der Waals surface area contributed by atoms with E-state index in [1.807, 2.05) is 37.3 Å². The first kappa shape index (κ1) is 28.9. The van der Waals surface area contributed by atoms with Crippen LogP contribution in [0.2, 0.25) is 5.02 Å². The van der Waals surface area contributed by atoms with E-state index in [4.69, 9.17) is 22.1 Å². The molecule has 1 saturated heterocycles. The first-order valence-electron chi connectivity index (χ1n) is 13.9. The largest absolute Gasteiger partial charge is 0.493 e. The third kappa shape index (κ3) is 7.51. The number of rotatable bonds is 3. The van der Waals surface area contributed by atoms with Crippen molar-refractivity contribution in [3.8, 4) is 5.75 Å². The van der Waals surface area contributed by atoms with E-state index < -0.39 is 11.5 Å². The molecule has 3 amide bonds. The van der Waals surface area contributed by atoms with Crippen LogP contribution in [0.1, 0.15) is 60.0 Å². The van der Waals surface area contributed by atoms with Crippen molar-refractivity contribution in [2.24, 2.45) is 11.1 Å². The molecule has 0 aromatic heterocycles. The monoisotopic (exact) mass is 554 g/mol. The van der Waals surface area contributed by atoms with E-state index in [1.54, 1.807) is 17.0 Å². The Bertz CT molecular complexity index is 1180. The summed E-state index contributed by atoms with van der Waals surface area (Å²) in [6, 6.07) is 12.3. The predicted octanol–water partition coefficient (Wildman–Crippen LogP) is 3.63. The topological polar surface area (TPSA) is 114 Å². The van der Waals surface area contributed by atoms with Crippen LogP contribution in [-0.4, -0.2) is 61.4 Å². The lowest BCUT2D eigenvalue weighted by Gasteiger charge is -2.41. The molecule has 1 fully saturated rings. The SMILES string of the molecule is Cc1ccc2c(c1)OCCCNC(=O)C1(CCCCNC2=O)CCN(C(=O)[C@@H](N)Cc2cccc(Cl)c2)CC1. The standard InChI is InChI=1S/C30H39ClN4O4/c1-21-8-9-24-26(18-21)39-17-5-14-34-29(38)30(10-2-3-13-33-27(24)36)11-15-35(16-12-30)28(37)25(32)20-22-6-4-7-23(31)19-22/h4,6-9,18-19,25H,2-3,5,10-17,20,32H2,1H3,(H,33,36)(H,34,38)/t25-/m0/s1. The molecule has 2 heterocycles. The zero-order valence-corrected chi connectivity index (χ0v) is 23.4. The molecule has 0 aliphatic carbocycles. The lowest BCUT2D eigenvalue weighted by molar-refractivity contribution is -0.141. The Morgan fingerprint density at radius 3 is 2.59 bits per heavy atom. The summed E-state index contributed by atoms with van der Waals surface area (Å²) < 4.78 is 5.92. The number of hydrogen-bond acceptors (Lipinski definition) is 5. The van der Waals surface area contributed by atoms with Gasteiger partial charge in [0.25, 0.3) is 5.91 Å². The van der Waals surface area contributed by atoms with Crippen molar-refractivity contribution in [2.45, 2.75) is 57.9 Å². The fraction of sp³-hybridized carbons (Fsp3) is 0.500. The molecule has 4 N–H and O–H groups in total. The van der Waals surface area contributed by atoms with Crippen molar-refractivity contribution in [1.29, 1.82) is 0 Å². The second kappa shape index (κ2) is 13.3. The fourth-order valence-corrected chi connectivity index (χ4v) is 5.66.